The Bertz CT molecular complexity index is 147. The fraction of sp³-hybridized carbons (Fsp3) is 0.800. The van der Waals surface area contributed by atoms with Crippen molar-refractivity contribution in [2.45, 2.75) is 45.1 Å². The largest absolute Gasteiger partial charge is 0.468 e. The Morgan fingerprint density at radius 2 is 1.79 bits per heavy atom. The predicted octanol–water partition coefficient (Wildman–Crippen LogP) is 1.67. The molecule has 0 rings (SSSR count). The number of ether oxygens (including phenoxy) is 2. The third-order valence-electron chi connectivity index (χ3n) is 1.98. The predicted molar refractivity (Wildman–Crippen MR) is 51.7 cm³/mol. The molecule has 0 aliphatic heterocycles. The lowest BCUT2D eigenvalue weighted by Crippen LogP contribution is -2.06. The number of carbonyl (C=O) groups is 2. The van der Waals surface area contributed by atoms with Crippen molar-refractivity contribution < 1.29 is 19.1 Å². The first-order valence-electron chi connectivity index (χ1n) is 4.95. The molecule has 4 nitrogen and oxygen atoms in total. The van der Waals surface area contributed by atoms with Crippen molar-refractivity contribution >= 4 is 12.9 Å². The topological polar surface area (TPSA) is 52.6 Å². The van der Waals surface area contributed by atoms with Crippen LogP contribution in [0.25, 0.3) is 0 Å². The van der Waals surface area contributed by atoms with Crippen molar-refractivity contribution in [3.8, 4) is 0 Å². The minimum absolute atomic E-state index is 0.0127. The van der Waals surface area contributed by atoms with Gasteiger partial charge in [0.15, 0.2) is 0 Å². The van der Waals surface area contributed by atoms with Crippen molar-refractivity contribution in [1.82, 2.24) is 0 Å². The number of rotatable bonds is 10. The van der Waals surface area contributed by atoms with E-state index in [0.29, 0.717) is 19.6 Å². The Labute approximate surface area is 84.6 Å². The third kappa shape index (κ3) is 9.03. The summed E-state index contributed by atoms with van der Waals surface area (Å²) >= 11 is 0. The van der Waals surface area contributed by atoms with Crippen LogP contribution in [0.2, 0.25) is 0 Å². The van der Waals surface area contributed by atoms with Crippen LogP contribution in [0.4, 0.5) is 0 Å². The Kier molecular flexibility index (Phi) is 9.26. The van der Waals surface area contributed by atoms with E-state index in [9.17, 15) is 9.59 Å². The summed E-state index contributed by atoms with van der Waals surface area (Å²) in [7, 11) is 0. The fourth-order valence-corrected chi connectivity index (χ4v) is 1.18. The zero-order valence-corrected chi connectivity index (χ0v) is 8.61. The van der Waals surface area contributed by atoms with Gasteiger partial charge in [-0.1, -0.05) is 12.8 Å². The second kappa shape index (κ2) is 10.0. The number of unbranched alkanes of at least 4 members (excludes halogenated alkanes) is 3. The van der Waals surface area contributed by atoms with Crippen LogP contribution >= 0.6 is 0 Å². The average Bonchev–Trinajstić information content (AvgIpc) is 2.17. The van der Waals surface area contributed by atoms with Crippen LogP contribution in [-0.2, 0) is 19.1 Å². The first kappa shape index (κ1) is 12.9. The number of carbonyl (C=O) groups excluding carboxylic acids is 2. The lowest BCUT2D eigenvalue weighted by Gasteiger charge is -2.08. The molecule has 0 spiro atoms. The minimum Gasteiger partial charge on any atom is -0.468 e. The summed E-state index contributed by atoms with van der Waals surface area (Å²) in [5.41, 5.74) is 0. The van der Waals surface area contributed by atoms with Gasteiger partial charge < -0.3 is 9.47 Å². The molecule has 82 valence electrons. The molecule has 0 fully saturated rings. The summed E-state index contributed by atoms with van der Waals surface area (Å²) < 4.78 is 9.28. The van der Waals surface area contributed by atoms with Crippen LogP contribution in [0.3, 0.4) is 0 Å². The zero-order valence-electron chi connectivity index (χ0n) is 8.61. The van der Waals surface area contributed by atoms with E-state index in [-0.39, 0.29) is 6.10 Å². The number of hydrogen-bond donors (Lipinski definition) is 0. The Balaban J connectivity index is 3.04. The molecule has 0 aliphatic carbocycles. The molecule has 0 saturated heterocycles. The SMILES string of the molecule is CC(CCCCCCOC=O)OC=O. The molecule has 14 heavy (non-hydrogen) atoms. The molecule has 0 radical (unpaired) electrons. The van der Waals surface area contributed by atoms with Gasteiger partial charge in [-0.05, 0) is 26.2 Å². The van der Waals surface area contributed by atoms with Crippen molar-refractivity contribution in [3.05, 3.63) is 0 Å². The Morgan fingerprint density at radius 3 is 2.43 bits per heavy atom. The fourth-order valence-electron chi connectivity index (χ4n) is 1.18. The van der Waals surface area contributed by atoms with Crippen molar-refractivity contribution in [3.63, 3.8) is 0 Å². The van der Waals surface area contributed by atoms with E-state index >= 15 is 0 Å². The van der Waals surface area contributed by atoms with Crippen LogP contribution < -0.4 is 0 Å². The van der Waals surface area contributed by atoms with E-state index in [1.54, 1.807) is 0 Å². The van der Waals surface area contributed by atoms with Gasteiger partial charge in [-0.2, -0.15) is 0 Å². The van der Waals surface area contributed by atoms with E-state index in [1.807, 2.05) is 6.92 Å². The molecule has 0 saturated carbocycles. The summed E-state index contributed by atoms with van der Waals surface area (Å²) in [6, 6.07) is 0. The van der Waals surface area contributed by atoms with Gasteiger partial charge in [0.1, 0.15) is 0 Å². The maximum Gasteiger partial charge on any atom is 0.293 e. The van der Waals surface area contributed by atoms with Gasteiger partial charge in [0.25, 0.3) is 12.9 Å². The van der Waals surface area contributed by atoms with Crippen LogP contribution in [0, 0.1) is 0 Å². The van der Waals surface area contributed by atoms with Crippen LogP contribution in [0.5, 0.6) is 0 Å². The van der Waals surface area contributed by atoms with Gasteiger partial charge in [-0.15, -0.1) is 0 Å². The summed E-state index contributed by atoms with van der Waals surface area (Å²) in [4.78, 5) is 19.7. The smallest absolute Gasteiger partial charge is 0.293 e. The molecule has 4 heteroatoms. The van der Waals surface area contributed by atoms with E-state index in [2.05, 4.69) is 4.74 Å². The molecule has 0 heterocycles. The molecule has 0 bridgehead atoms. The highest BCUT2D eigenvalue weighted by Gasteiger charge is 2.00. The monoisotopic (exact) mass is 202 g/mol. The van der Waals surface area contributed by atoms with Gasteiger partial charge in [-0.25, -0.2) is 0 Å². The molecule has 0 amide bonds. The molecule has 0 aromatic rings. The molecule has 0 aromatic carbocycles. The van der Waals surface area contributed by atoms with Crippen molar-refractivity contribution in [2.75, 3.05) is 6.61 Å². The normalized spacial score (nSPS) is 11.8. The maximum atomic E-state index is 9.95. The molecule has 0 aliphatic rings. The second-order valence-corrected chi connectivity index (χ2v) is 3.21. The Morgan fingerprint density at radius 1 is 1.07 bits per heavy atom. The third-order valence-corrected chi connectivity index (χ3v) is 1.98. The van der Waals surface area contributed by atoms with Crippen LogP contribution in [0.1, 0.15) is 39.0 Å². The molecular formula is C10H18O4. The van der Waals surface area contributed by atoms with Gasteiger partial charge in [0, 0.05) is 0 Å². The minimum atomic E-state index is 0.0127. The average molecular weight is 202 g/mol. The summed E-state index contributed by atoms with van der Waals surface area (Å²) in [6.45, 7) is 3.34. The van der Waals surface area contributed by atoms with Crippen molar-refractivity contribution in [2.24, 2.45) is 0 Å². The van der Waals surface area contributed by atoms with E-state index in [4.69, 9.17) is 4.74 Å². The van der Waals surface area contributed by atoms with E-state index in [1.165, 1.54) is 0 Å². The van der Waals surface area contributed by atoms with E-state index < -0.39 is 0 Å². The highest BCUT2D eigenvalue weighted by atomic mass is 16.5. The lowest BCUT2D eigenvalue weighted by molar-refractivity contribution is -0.133. The molecule has 1 atom stereocenters. The summed E-state index contributed by atoms with van der Waals surface area (Å²) in [5, 5.41) is 0. The molecule has 0 N–H and O–H groups in total. The van der Waals surface area contributed by atoms with Gasteiger partial charge in [-0.3, -0.25) is 9.59 Å². The van der Waals surface area contributed by atoms with Crippen LogP contribution in [-0.4, -0.2) is 25.7 Å². The first-order chi connectivity index (χ1) is 6.81. The molecule has 0 aromatic heterocycles. The van der Waals surface area contributed by atoms with Gasteiger partial charge in [0.05, 0.1) is 12.7 Å². The van der Waals surface area contributed by atoms with Crippen molar-refractivity contribution in [1.29, 1.82) is 0 Å². The van der Waals surface area contributed by atoms with Crippen LogP contribution in [0.15, 0.2) is 0 Å². The van der Waals surface area contributed by atoms with E-state index in [0.717, 1.165) is 32.1 Å². The highest BCUT2D eigenvalue weighted by Crippen LogP contribution is 2.07. The summed E-state index contributed by atoms with van der Waals surface area (Å²) in [5.74, 6) is 0. The first-order valence-corrected chi connectivity index (χ1v) is 4.95. The highest BCUT2D eigenvalue weighted by molar-refractivity contribution is 5.37. The summed E-state index contributed by atoms with van der Waals surface area (Å²) in [6.07, 6.45) is 4.97. The molecule has 1 unspecified atom stereocenters. The molecular weight excluding hydrogens is 184 g/mol. The Hall–Kier alpha value is -1.06. The zero-order chi connectivity index (χ0) is 10.6. The van der Waals surface area contributed by atoms with Gasteiger partial charge >= 0.3 is 0 Å². The van der Waals surface area contributed by atoms with Gasteiger partial charge in [0.2, 0.25) is 0 Å². The lowest BCUT2D eigenvalue weighted by atomic mass is 10.1. The number of hydrogen-bond acceptors (Lipinski definition) is 4. The quantitative estimate of drug-likeness (QED) is 0.399. The maximum absolute atomic E-state index is 9.95. The second-order valence-electron chi connectivity index (χ2n) is 3.21. The standard InChI is InChI=1S/C10H18O4/c1-10(14-9-12)6-4-2-3-5-7-13-8-11/h8-10H,2-7H2,1H3.